The van der Waals surface area contributed by atoms with Gasteiger partial charge in [-0.05, 0) is 113 Å². The summed E-state index contributed by atoms with van der Waals surface area (Å²) in [5.41, 5.74) is -7.23. The van der Waals surface area contributed by atoms with E-state index in [-0.39, 0.29) is 37.2 Å². The summed E-state index contributed by atoms with van der Waals surface area (Å²) in [7, 11) is 0. The van der Waals surface area contributed by atoms with E-state index in [1.807, 2.05) is 6.92 Å². The minimum atomic E-state index is -2.08. The van der Waals surface area contributed by atoms with Crippen LogP contribution < -0.4 is 0 Å². The molecule has 5 aliphatic heterocycles. The van der Waals surface area contributed by atoms with Gasteiger partial charge in [0.1, 0.15) is 91.1 Å². The number of allylic oxidation sites excluding steroid dienone is 1. The van der Waals surface area contributed by atoms with Crippen LogP contribution in [0.1, 0.15) is 106 Å². The molecule has 0 spiro atoms. The zero-order chi connectivity index (χ0) is 62.9. The van der Waals surface area contributed by atoms with E-state index < -0.39 is 224 Å². The van der Waals surface area contributed by atoms with Crippen LogP contribution in [0.25, 0.3) is 0 Å². The Morgan fingerprint density at radius 2 is 1.23 bits per heavy atom. The smallest absolute Gasteiger partial charge is 0.315 e. The first-order chi connectivity index (χ1) is 40.2. The van der Waals surface area contributed by atoms with Crippen LogP contribution in [0, 0.1) is 50.2 Å². The fourth-order valence-corrected chi connectivity index (χ4v) is 17.6. The molecule has 28 nitrogen and oxygen atoms in total. The number of aliphatic hydroxyl groups excluding tert-OH is 14. The van der Waals surface area contributed by atoms with Crippen molar-refractivity contribution in [3.8, 4) is 0 Å². The van der Waals surface area contributed by atoms with Crippen LogP contribution in [0.4, 0.5) is 0 Å². The minimum absolute atomic E-state index is 0.0336. The lowest BCUT2D eigenvalue weighted by atomic mass is 9.33. The topological polar surface area (TPSA) is 450 Å². The van der Waals surface area contributed by atoms with Crippen molar-refractivity contribution >= 4 is 11.9 Å². The number of rotatable bonds is 14. The summed E-state index contributed by atoms with van der Waals surface area (Å²) in [6.45, 7) is 9.67. The molecule has 9 fully saturated rings. The third-order valence-corrected chi connectivity index (χ3v) is 22.8. The summed E-state index contributed by atoms with van der Waals surface area (Å²) in [4.78, 5) is 29.3. The molecule has 4 saturated carbocycles. The molecular formula is C58H92O28. The van der Waals surface area contributed by atoms with Crippen molar-refractivity contribution in [2.75, 3.05) is 33.0 Å². The number of carboxylic acids is 1. The van der Waals surface area contributed by atoms with Gasteiger partial charge in [0.15, 0.2) is 31.3 Å². The zero-order valence-corrected chi connectivity index (χ0v) is 49.5. The molecule has 5 heterocycles. The van der Waals surface area contributed by atoms with Gasteiger partial charge < -0.3 is 129 Å². The fourth-order valence-electron chi connectivity index (χ4n) is 17.6. The molecule has 0 radical (unpaired) electrons. The van der Waals surface area contributed by atoms with Crippen molar-refractivity contribution in [1.29, 1.82) is 0 Å². The summed E-state index contributed by atoms with van der Waals surface area (Å²) < 4.78 is 58.9. The first-order valence-electron chi connectivity index (χ1n) is 30.2. The lowest BCUT2D eigenvalue weighted by Gasteiger charge is -2.71. The molecule has 0 amide bonds. The Kier molecular flexibility index (Phi) is 18.6. The average molecular weight is 1240 g/mol. The summed E-state index contributed by atoms with van der Waals surface area (Å²) in [5.74, 6) is -3.52. The largest absolute Gasteiger partial charge is 0.481 e. The Balaban J connectivity index is 0.872. The molecule has 0 bridgehead atoms. The Labute approximate surface area is 497 Å². The summed E-state index contributed by atoms with van der Waals surface area (Å²) in [6, 6.07) is 0. The van der Waals surface area contributed by atoms with Gasteiger partial charge in [-0.2, -0.15) is 0 Å². The van der Waals surface area contributed by atoms with Gasteiger partial charge in [-0.3, -0.25) is 9.59 Å². The number of aliphatic hydroxyl groups is 15. The van der Waals surface area contributed by atoms with Gasteiger partial charge >= 0.3 is 11.9 Å². The van der Waals surface area contributed by atoms with Gasteiger partial charge in [-0.1, -0.05) is 39.3 Å². The lowest BCUT2D eigenvalue weighted by molar-refractivity contribution is -0.376. The Morgan fingerprint density at radius 1 is 0.605 bits per heavy atom. The van der Waals surface area contributed by atoms with E-state index >= 15 is 4.79 Å². The maximum atomic E-state index is 15.5. The normalized spacial score (nSPS) is 54.6. The number of ether oxygens (including phenoxy) is 10. The third kappa shape index (κ3) is 10.5. The molecule has 32 atom stereocenters. The number of aliphatic carboxylic acids is 1. The maximum absolute atomic E-state index is 15.5. The molecule has 86 heavy (non-hydrogen) atoms. The first kappa shape index (κ1) is 66.6. The Bertz CT molecular complexity index is 2470. The van der Waals surface area contributed by atoms with Crippen molar-refractivity contribution in [2.45, 2.75) is 253 Å². The molecule has 16 N–H and O–H groups in total. The van der Waals surface area contributed by atoms with E-state index in [1.165, 1.54) is 20.8 Å². The SMILES string of the molecule is C[C@@H]1O[C@@H](O[C@H]2[C@H](OC(=O)[C@]34CCC(C)(C)C[C@H]3C3=CC[C@@H]5[C@@]6(C)C[C@H](O)[C@H](O[C@@H]7O[C@H](CO)[C@@H](O)[C@H](O)[C@H]7O)[C@@](C)(C(=O)O)[C@@H]6CC[C@@]5(C)[C@]3(CO)CC4)O[C@H](C)[C@H](O)[C@@H]2O)[C@H](O)[C@H](O)[C@H]1O[C@@H]1OC[C@@H](O)[C@H](O[C@@H]2OC[C@](O)(CO)[C@H]2O)[C@H]1O. The quantitative estimate of drug-likeness (QED) is 0.0449. The van der Waals surface area contributed by atoms with Gasteiger partial charge in [0.2, 0.25) is 6.29 Å². The van der Waals surface area contributed by atoms with Gasteiger partial charge in [-0.15, -0.1) is 0 Å². The highest BCUT2D eigenvalue weighted by Gasteiger charge is 2.74. The molecule has 0 aromatic heterocycles. The second-order valence-electron chi connectivity index (χ2n) is 28.1. The minimum Gasteiger partial charge on any atom is -0.481 e. The standard InChI is InChI=1S/C58H92O28/c1-23-32(64)35(67)42(84-46-38(70)36(68)40(24(2)80-46)82-45-39(71)41(28(63)19-77-45)83-49-43(72)58(76,21-61)22-78-49)48(79-23)86-51(75)56-13-12-52(3,4)16-26(56)25-8-9-30-53(5)17-27(62)44(85-47-37(69)34(66)33(65)29(18-59)81-47)55(7,50(73)74)31(53)10-11-54(30,6)57(25,20-60)15-14-56/h8,23-24,26-49,59-72,76H,9-22H2,1-7H3,(H,73,74)/t23-,24+,26+,27+,28-,29-,30-,31-,32+,33-,34+,35+,36+,37-,38-,39-,40+,41+,42-,43+,44+,45+,46+,47+,48+,49+,53-,54-,55+,56+,57+,58-/m1/s1. The van der Waals surface area contributed by atoms with Gasteiger partial charge in [0.25, 0.3) is 0 Å². The molecule has 10 aliphatic rings. The van der Waals surface area contributed by atoms with E-state index in [9.17, 15) is 86.5 Å². The number of carboxylic acid groups (broad SMARTS) is 1. The highest BCUT2D eigenvalue weighted by molar-refractivity contribution is 5.79. The van der Waals surface area contributed by atoms with Crippen LogP contribution in [0.3, 0.4) is 0 Å². The molecule has 5 saturated heterocycles. The lowest BCUT2D eigenvalue weighted by Crippen LogP contribution is -2.71. The van der Waals surface area contributed by atoms with Crippen LogP contribution in [0.15, 0.2) is 11.6 Å². The molecule has 28 heteroatoms. The number of fused-ring (bicyclic) bond motifs is 7. The zero-order valence-electron chi connectivity index (χ0n) is 49.5. The second kappa shape index (κ2) is 24.0. The maximum Gasteiger partial charge on any atom is 0.315 e. The van der Waals surface area contributed by atoms with Gasteiger partial charge in [-0.25, -0.2) is 0 Å². The van der Waals surface area contributed by atoms with E-state index in [4.69, 9.17) is 47.4 Å². The average Bonchev–Trinajstić information content (AvgIpc) is 0.729. The number of carbonyl (C=O) groups is 2. The number of hydrogen-bond acceptors (Lipinski definition) is 27. The predicted molar refractivity (Wildman–Crippen MR) is 285 cm³/mol. The van der Waals surface area contributed by atoms with E-state index in [2.05, 4.69) is 26.8 Å². The second-order valence-corrected chi connectivity index (χ2v) is 28.1. The van der Waals surface area contributed by atoms with Crippen LogP contribution in [-0.2, 0) is 57.0 Å². The van der Waals surface area contributed by atoms with Crippen LogP contribution in [-0.4, -0.2) is 274 Å². The Morgan fingerprint density at radius 3 is 1.88 bits per heavy atom. The van der Waals surface area contributed by atoms with Crippen molar-refractivity contribution in [2.24, 2.45) is 50.2 Å². The van der Waals surface area contributed by atoms with Crippen molar-refractivity contribution < 1.29 is 139 Å². The van der Waals surface area contributed by atoms with Crippen LogP contribution in [0.5, 0.6) is 0 Å². The van der Waals surface area contributed by atoms with Gasteiger partial charge in [0, 0.05) is 5.41 Å². The van der Waals surface area contributed by atoms with E-state index in [0.29, 0.717) is 38.5 Å². The van der Waals surface area contributed by atoms with Crippen molar-refractivity contribution in [1.82, 2.24) is 0 Å². The molecule has 492 valence electrons. The number of hydrogen-bond donors (Lipinski definition) is 16. The van der Waals surface area contributed by atoms with Crippen molar-refractivity contribution in [3.63, 3.8) is 0 Å². The summed E-state index contributed by atoms with van der Waals surface area (Å²) >= 11 is 0. The van der Waals surface area contributed by atoms with Gasteiger partial charge in [0.05, 0.1) is 62.2 Å². The number of esters is 1. The van der Waals surface area contributed by atoms with E-state index in [0.717, 1.165) is 5.57 Å². The third-order valence-electron chi connectivity index (χ3n) is 22.8. The number of carbonyl (C=O) groups excluding carboxylic acids is 1. The van der Waals surface area contributed by atoms with Crippen molar-refractivity contribution in [3.05, 3.63) is 11.6 Å². The molecule has 0 aromatic rings. The first-order valence-corrected chi connectivity index (χ1v) is 30.2. The molecular weight excluding hydrogens is 1140 g/mol. The fraction of sp³-hybridized carbons (Fsp3) is 0.931. The van der Waals surface area contributed by atoms with E-state index in [1.54, 1.807) is 0 Å². The highest BCUT2D eigenvalue weighted by Crippen LogP contribution is 2.76. The molecule has 0 aromatic carbocycles. The highest BCUT2D eigenvalue weighted by atomic mass is 16.8. The Hall–Kier alpha value is -2.28. The predicted octanol–water partition coefficient (Wildman–Crippen LogP) is -3.87. The van der Waals surface area contributed by atoms with Crippen LogP contribution in [0.2, 0.25) is 0 Å². The molecule has 5 aliphatic carbocycles. The summed E-state index contributed by atoms with van der Waals surface area (Å²) in [5, 5.41) is 176. The van der Waals surface area contributed by atoms with Crippen LogP contribution >= 0.6 is 0 Å². The molecule has 10 rings (SSSR count). The monoisotopic (exact) mass is 1240 g/mol. The molecule has 0 unspecified atom stereocenters. The summed E-state index contributed by atoms with van der Waals surface area (Å²) in [6.07, 6.45) is -32.6.